The van der Waals surface area contributed by atoms with Gasteiger partial charge in [-0.3, -0.25) is 0 Å². The average Bonchev–Trinajstić information content (AvgIpc) is 2.84. The number of methoxy groups -OCH3 is 2. The molecule has 0 saturated carbocycles. The Morgan fingerprint density at radius 2 is 1.84 bits per heavy atom. The van der Waals surface area contributed by atoms with Crippen LogP contribution < -0.4 is 15.2 Å². The largest absolute Gasteiger partial charge is 0.495 e. The molecule has 0 aliphatic heterocycles. The highest BCUT2D eigenvalue weighted by Gasteiger charge is 2.20. The lowest BCUT2D eigenvalue weighted by atomic mass is 10.0. The Labute approximate surface area is 125 Å². The van der Waals surface area contributed by atoms with Gasteiger partial charge in [-0.25, -0.2) is 0 Å². The number of thiophene rings is 1. The molecule has 2 aromatic rings. The molecule has 0 aliphatic carbocycles. The lowest BCUT2D eigenvalue weighted by molar-refractivity contribution is 0.390. The lowest BCUT2D eigenvalue weighted by Crippen LogP contribution is -2.12. The van der Waals surface area contributed by atoms with E-state index in [0.29, 0.717) is 20.9 Å². The molecule has 2 rings (SSSR count). The van der Waals surface area contributed by atoms with Crippen LogP contribution in [0.25, 0.3) is 0 Å². The number of benzene rings is 1. The van der Waals surface area contributed by atoms with Gasteiger partial charge in [0.25, 0.3) is 0 Å². The molecule has 0 saturated heterocycles. The summed E-state index contributed by atoms with van der Waals surface area (Å²) in [6.07, 6.45) is 0. The summed E-state index contributed by atoms with van der Waals surface area (Å²) in [4.78, 5) is 0.949. The minimum atomic E-state index is -0.337. The van der Waals surface area contributed by atoms with E-state index in [4.69, 9.17) is 38.4 Å². The summed E-state index contributed by atoms with van der Waals surface area (Å²) in [5.41, 5.74) is 7.04. The van der Waals surface area contributed by atoms with Gasteiger partial charge in [0.15, 0.2) is 0 Å². The Morgan fingerprint density at radius 3 is 2.37 bits per heavy atom. The van der Waals surface area contributed by atoms with E-state index in [-0.39, 0.29) is 6.04 Å². The molecule has 1 aromatic heterocycles. The van der Waals surface area contributed by atoms with E-state index < -0.39 is 0 Å². The van der Waals surface area contributed by atoms with Crippen LogP contribution in [-0.2, 0) is 0 Å². The maximum atomic E-state index is 6.24. The lowest BCUT2D eigenvalue weighted by Gasteiger charge is -2.17. The minimum Gasteiger partial charge on any atom is -0.495 e. The van der Waals surface area contributed by atoms with Crippen molar-refractivity contribution in [3.8, 4) is 11.5 Å². The van der Waals surface area contributed by atoms with Crippen LogP contribution in [0.3, 0.4) is 0 Å². The Kier molecular flexibility index (Phi) is 4.58. The highest BCUT2D eigenvalue weighted by atomic mass is 35.5. The highest BCUT2D eigenvalue weighted by Crippen LogP contribution is 2.41. The van der Waals surface area contributed by atoms with Gasteiger partial charge in [0.2, 0.25) is 0 Å². The van der Waals surface area contributed by atoms with Crippen LogP contribution in [0.4, 0.5) is 0 Å². The summed E-state index contributed by atoms with van der Waals surface area (Å²) >= 11 is 13.6. The van der Waals surface area contributed by atoms with Crippen LogP contribution in [0.5, 0.6) is 11.5 Å². The van der Waals surface area contributed by atoms with Crippen molar-refractivity contribution in [3.63, 3.8) is 0 Å². The number of hydrogen-bond acceptors (Lipinski definition) is 4. The van der Waals surface area contributed by atoms with Gasteiger partial charge in [-0.15, -0.1) is 11.3 Å². The molecule has 19 heavy (non-hydrogen) atoms. The zero-order valence-electron chi connectivity index (χ0n) is 10.4. The average molecular weight is 318 g/mol. The minimum absolute atomic E-state index is 0.337. The third-order valence-corrected chi connectivity index (χ3v) is 4.42. The quantitative estimate of drug-likeness (QED) is 0.922. The van der Waals surface area contributed by atoms with Crippen LogP contribution in [0.1, 0.15) is 16.5 Å². The van der Waals surface area contributed by atoms with Crippen molar-refractivity contribution in [2.75, 3.05) is 14.2 Å². The summed E-state index contributed by atoms with van der Waals surface area (Å²) in [6.45, 7) is 0. The number of halogens is 2. The van der Waals surface area contributed by atoms with Gasteiger partial charge in [-0.2, -0.15) is 0 Å². The van der Waals surface area contributed by atoms with E-state index in [0.717, 1.165) is 10.4 Å². The topological polar surface area (TPSA) is 44.5 Å². The fourth-order valence-corrected chi connectivity index (χ4v) is 3.22. The zero-order chi connectivity index (χ0) is 14.0. The molecule has 1 unspecified atom stereocenters. The fraction of sp³-hybridized carbons (Fsp3) is 0.231. The van der Waals surface area contributed by atoms with Gasteiger partial charge < -0.3 is 15.2 Å². The van der Waals surface area contributed by atoms with Gasteiger partial charge in [0.1, 0.15) is 16.5 Å². The predicted molar refractivity (Wildman–Crippen MR) is 79.9 cm³/mol. The first kappa shape index (κ1) is 14.5. The van der Waals surface area contributed by atoms with E-state index in [9.17, 15) is 0 Å². The third kappa shape index (κ3) is 2.82. The van der Waals surface area contributed by atoms with Crippen molar-refractivity contribution in [2.45, 2.75) is 6.04 Å². The molecule has 2 N–H and O–H groups in total. The molecular formula is C13H13Cl2NO2S. The van der Waals surface area contributed by atoms with Gasteiger partial charge in [0, 0.05) is 10.4 Å². The van der Waals surface area contributed by atoms with Crippen LogP contribution in [-0.4, -0.2) is 14.2 Å². The van der Waals surface area contributed by atoms with Crippen molar-refractivity contribution in [3.05, 3.63) is 44.1 Å². The highest BCUT2D eigenvalue weighted by molar-refractivity contribution is 7.16. The third-order valence-electron chi connectivity index (χ3n) is 2.75. The molecule has 6 heteroatoms. The van der Waals surface area contributed by atoms with E-state index in [1.807, 2.05) is 18.2 Å². The van der Waals surface area contributed by atoms with Crippen LogP contribution in [0.2, 0.25) is 9.36 Å². The number of ether oxygens (including phenoxy) is 2. The maximum Gasteiger partial charge on any atom is 0.146 e. The molecule has 1 atom stereocenters. The molecule has 102 valence electrons. The molecular weight excluding hydrogens is 305 g/mol. The summed E-state index contributed by atoms with van der Waals surface area (Å²) in [5, 5.41) is 0.417. The summed E-state index contributed by atoms with van der Waals surface area (Å²) < 4.78 is 11.2. The van der Waals surface area contributed by atoms with Crippen molar-refractivity contribution in [1.82, 2.24) is 0 Å². The molecule has 3 nitrogen and oxygen atoms in total. The molecule has 0 radical (unpaired) electrons. The van der Waals surface area contributed by atoms with Crippen molar-refractivity contribution >= 4 is 34.5 Å². The van der Waals surface area contributed by atoms with E-state index in [1.165, 1.54) is 11.3 Å². The van der Waals surface area contributed by atoms with Gasteiger partial charge in [-0.05, 0) is 24.3 Å². The predicted octanol–water partition coefficient (Wildman–Crippen LogP) is 4.12. The summed E-state index contributed by atoms with van der Waals surface area (Å²) in [6, 6.07) is 7.00. The number of rotatable bonds is 4. The van der Waals surface area contributed by atoms with Crippen molar-refractivity contribution < 1.29 is 9.47 Å². The first-order chi connectivity index (χ1) is 9.08. The molecule has 1 aromatic carbocycles. The smallest absolute Gasteiger partial charge is 0.146 e. The molecule has 0 spiro atoms. The van der Waals surface area contributed by atoms with Crippen LogP contribution in [0.15, 0.2) is 24.3 Å². The maximum absolute atomic E-state index is 6.24. The van der Waals surface area contributed by atoms with Gasteiger partial charge in [-0.1, -0.05) is 23.2 Å². The number of nitrogens with two attached hydrogens (primary N) is 1. The fourth-order valence-electron chi connectivity index (χ4n) is 1.81. The Bertz CT molecular complexity index is 586. The Morgan fingerprint density at radius 1 is 1.11 bits per heavy atom. The molecule has 0 bridgehead atoms. The molecule has 1 heterocycles. The van der Waals surface area contributed by atoms with Crippen LogP contribution >= 0.6 is 34.5 Å². The first-order valence-corrected chi connectivity index (χ1v) is 7.07. The van der Waals surface area contributed by atoms with Gasteiger partial charge >= 0.3 is 0 Å². The molecule has 0 amide bonds. The zero-order valence-corrected chi connectivity index (χ0v) is 12.8. The normalized spacial score (nSPS) is 12.3. The van der Waals surface area contributed by atoms with Crippen molar-refractivity contribution in [2.24, 2.45) is 5.73 Å². The molecule has 0 fully saturated rings. The van der Waals surface area contributed by atoms with Crippen molar-refractivity contribution in [1.29, 1.82) is 0 Å². The standard InChI is InChI=1S/C13H13Cl2NO2S/c1-17-8-4-3-7(13(18-2)11(8)15)12(16)9-5-6-10(14)19-9/h3-6,12H,16H2,1-2H3. The second-order valence-electron chi connectivity index (χ2n) is 3.82. The summed E-state index contributed by atoms with van der Waals surface area (Å²) in [5.74, 6) is 1.08. The second-order valence-corrected chi connectivity index (χ2v) is 5.95. The Balaban J connectivity index is 2.47. The van der Waals surface area contributed by atoms with Gasteiger partial charge in [0.05, 0.1) is 24.6 Å². The van der Waals surface area contributed by atoms with E-state index >= 15 is 0 Å². The monoisotopic (exact) mass is 317 g/mol. The number of hydrogen-bond donors (Lipinski definition) is 1. The second kappa shape index (κ2) is 6.01. The SMILES string of the molecule is COc1ccc(C(N)c2ccc(Cl)s2)c(OC)c1Cl. The molecule has 0 aliphatic rings. The Hall–Kier alpha value is -0.940. The summed E-state index contributed by atoms with van der Waals surface area (Å²) in [7, 11) is 3.11. The van der Waals surface area contributed by atoms with E-state index in [2.05, 4.69) is 0 Å². The van der Waals surface area contributed by atoms with E-state index in [1.54, 1.807) is 20.3 Å². The first-order valence-electron chi connectivity index (χ1n) is 5.49. The van der Waals surface area contributed by atoms with Crippen LogP contribution in [0, 0.1) is 0 Å².